The molecule has 0 heterocycles. The first-order valence-electron chi connectivity index (χ1n) is 4.54. The van der Waals surface area contributed by atoms with Gasteiger partial charge >= 0.3 is 0 Å². The number of rotatable bonds is 5. The average molecular weight is 330 g/mol. The van der Waals surface area contributed by atoms with Crippen molar-refractivity contribution < 1.29 is 4.55 Å². The lowest BCUT2D eigenvalue weighted by Crippen LogP contribution is -2.07. The van der Waals surface area contributed by atoms with Crippen LogP contribution >= 0.6 is 39.1 Å². The molecule has 1 atom stereocenters. The third-order valence-electron chi connectivity index (χ3n) is 1.87. The van der Waals surface area contributed by atoms with E-state index in [2.05, 4.69) is 15.9 Å². The Hall–Kier alpha value is 0.590. The Balaban J connectivity index is 2.57. The number of hydrogen-bond acceptors (Lipinski definition) is 1. The van der Waals surface area contributed by atoms with Crippen LogP contribution in [0.15, 0.2) is 23.1 Å². The molecule has 1 rings (SSSR count). The van der Waals surface area contributed by atoms with Crippen molar-refractivity contribution in [3.8, 4) is 0 Å². The fourth-order valence-electron chi connectivity index (χ4n) is 1.06. The van der Waals surface area contributed by atoms with E-state index in [9.17, 15) is 4.55 Å². The van der Waals surface area contributed by atoms with Crippen LogP contribution in [0.4, 0.5) is 0 Å². The quantitative estimate of drug-likeness (QED) is 0.449. The van der Waals surface area contributed by atoms with E-state index in [0.29, 0.717) is 15.8 Å². The van der Waals surface area contributed by atoms with Crippen molar-refractivity contribution in [2.24, 2.45) is 0 Å². The second kappa shape index (κ2) is 7.02. The standard InChI is InChI=1S/C10H11BrCl2OS/c11-5-1-2-6-15(14)8-3-4-9(12)10(13)7-8/h3-4,7H,1-2,5-6H2. The summed E-state index contributed by atoms with van der Waals surface area (Å²) < 4.78 is 11.8. The van der Waals surface area contributed by atoms with Gasteiger partial charge in [0.1, 0.15) is 5.75 Å². The summed E-state index contributed by atoms with van der Waals surface area (Å²) in [6.45, 7) is 0. The first-order chi connectivity index (χ1) is 7.15. The molecule has 0 aliphatic rings. The number of benzene rings is 1. The Labute approximate surface area is 111 Å². The van der Waals surface area contributed by atoms with Crippen LogP contribution in [-0.4, -0.2) is 15.6 Å². The highest BCUT2D eigenvalue weighted by Gasteiger charge is 2.11. The highest BCUT2D eigenvalue weighted by Crippen LogP contribution is 2.25. The van der Waals surface area contributed by atoms with Crippen molar-refractivity contribution in [2.75, 3.05) is 11.1 Å². The smallest absolute Gasteiger partial charge is 0.154 e. The Morgan fingerprint density at radius 1 is 1.20 bits per heavy atom. The molecule has 0 spiro atoms. The van der Waals surface area contributed by atoms with Gasteiger partial charge in [0.05, 0.1) is 10.0 Å². The molecule has 0 bridgehead atoms. The Bertz CT molecular complexity index is 322. The molecule has 0 aliphatic heterocycles. The van der Waals surface area contributed by atoms with Crippen molar-refractivity contribution in [3.63, 3.8) is 0 Å². The third kappa shape index (κ3) is 4.53. The van der Waals surface area contributed by atoms with Gasteiger partial charge < -0.3 is 4.55 Å². The summed E-state index contributed by atoms with van der Waals surface area (Å²) >= 11 is 14.0. The molecule has 1 aromatic carbocycles. The summed E-state index contributed by atoms with van der Waals surface area (Å²) in [6, 6.07) is 5.12. The molecule has 0 N–H and O–H groups in total. The van der Waals surface area contributed by atoms with Gasteiger partial charge in [0.25, 0.3) is 0 Å². The summed E-state index contributed by atoms with van der Waals surface area (Å²) in [4.78, 5) is 0.749. The second-order valence-electron chi connectivity index (χ2n) is 3.02. The minimum atomic E-state index is -0.967. The zero-order valence-corrected chi connectivity index (χ0v) is 11.9. The van der Waals surface area contributed by atoms with Crippen molar-refractivity contribution in [1.29, 1.82) is 0 Å². The van der Waals surface area contributed by atoms with Gasteiger partial charge in [-0.25, -0.2) is 0 Å². The first kappa shape index (κ1) is 13.7. The van der Waals surface area contributed by atoms with Gasteiger partial charge in [-0.3, -0.25) is 0 Å². The molecule has 0 aliphatic carbocycles. The van der Waals surface area contributed by atoms with Gasteiger partial charge in [0.2, 0.25) is 0 Å². The summed E-state index contributed by atoms with van der Waals surface area (Å²) in [6.07, 6.45) is 1.98. The minimum Gasteiger partial charge on any atom is -0.611 e. The van der Waals surface area contributed by atoms with Gasteiger partial charge in [0.15, 0.2) is 4.90 Å². The molecule has 0 saturated carbocycles. The normalized spacial score (nSPS) is 12.8. The summed E-state index contributed by atoms with van der Waals surface area (Å²) in [5, 5.41) is 1.91. The molecule has 84 valence electrons. The highest BCUT2D eigenvalue weighted by molar-refractivity contribution is 9.09. The lowest BCUT2D eigenvalue weighted by molar-refractivity contribution is 0.592. The molecule has 1 nitrogen and oxygen atoms in total. The predicted molar refractivity (Wildman–Crippen MR) is 70.8 cm³/mol. The topological polar surface area (TPSA) is 23.1 Å². The molecule has 1 aromatic rings. The van der Waals surface area contributed by atoms with Gasteiger partial charge in [-0.1, -0.05) is 39.1 Å². The van der Waals surface area contributed by atoms with Crippen LogP contribution in [0.1, 0.15) is 12.8 Å². The lowest BCUT2D eigenvalue weighted by atomic mass is 10.4. The molecule has 0 radical (unpaired) electrons. The van der Waals surface area contributed by atoms with Crippen molar-refractivity contribution >= 4 is 50.3 Å². The molecular formula is C10H11BrCl2OS. The van der Waals surface area contributed by atoms with Gasteiger partial charge in [-0.2, -0.15) is 0 Å². The maximum atomic E-state index is 11.8. The monoisotopic (exact) mass is 328 g/mol. The van der Waals surface area contributed by atoms with Crippen LogP contribution in [0, 0.1) is 0 Å². The third-order valence-corrected chi connectivity index (χ3v) is 4.61. The van der Waals surface area contributed by atoms with E-state index in [1.807, 2.05) is 0 Å². The summed E-state index contributed by atoms with van der Waals surface area (Å²) in [5.41, 5.74) is 0. The average Bonchev–Trinajstić information content (AvgIpc) is 2.22. The van der Waals surface area contributed by atoms with E-state index < -0.39 is 11.2 Å². The molecular weight excluding hydrogens is 319 g/mol. The highest BCUT2D eigenvalue weighted by atomic mass is 79.9. The van der Waals surface area contributed by atoms with Crippen LogP contribution in [0.5, 0.6) is 0 Å². The molecule has 1 unspecified atom stereocenters. The zero-order valence-electron chi connectivity index (χ0n) is 8.01. The predicted octanol–water partition coefficient (Wildman–Crippen LogP) is 4.28. The lowest BCUT2D eigenvalue weighted by Gasteiger charge is -2.10. The summed E-state index contributed by atoms with van der Waals surface area (Å²) in [7, 11) is 0. The fraction of sp³-hybridized carbons (Fsp3) is 0.400. The molecule has 15 heavy (non-hydrogen) atoms. The van der Waals surface area contributed by atoms with Gasteiger partial charge in [-0.15, -0.1) is 0 Å². The van der Waals surface area contributed by atoms with E-state index in [-0.39, 0.29) is 0 Å². The molecule has 0 amide bonds. The molecule has 0 fully saturated rings. The molecule has 0 aromatic heterocycles. The largest absolute Gasteiger partial charge is 0.611 e. The van der Waals surface area contributed by atoms with E-state index in [1.54, 1.807) is 18.2 Å². The van der Waals surface area contributed by atoms with E-state index in [0.717, 1.165) is 23.1 Å². The zero-order chi connectivity index (χ0) is 11.3. The first-order valence-corrected chi connectivity index (χ1v) is 7.74. The van der Waals surface area contributed by atoms with Crippen molar-refractivity contribution in [3.05, 3.63) is 28.2 Å². The number of hydrogen-bond donors (Lipinski definition) is 0. The van der Waals surface area contributed by atoms with Gasteiger partial charge in [0, 0.05) is 11.4 Å². The second-order valence-corrected chi connectivity index (χ2v) is 6.20. The van der Waals surface area contributed by atoms with Crippen LogP contribution < -0.4 is 0 Å². The van der Waals surface area contributed by atoms with Crippen LogP contribution in [0.3, 0.4) is 0 Å². The van der Waals surface area contributed by atoms with Gasteiger partial charge in [-0.05, 0) is 36.2 Å². The fourth-order valence-corrected chi connectivity index (χ4v) is 2.99. The number of alkyl halides is 1. The number of unbranched alkanes of at least 4 members (excludes halogenated alkanes) is 1. The van der Waals surface area contributed by atoms with E-state index >= 15 is 0 Å². The maximum Gasteiger partial charge on any atom is 0.154 e. The van der Waals surface area contributed by atoms with Crippen LogP contribution in [0.2, 0.25) is 10.0 Å². The maximum absolute atomic E-state index is 11.8. The Kier molecular flexibility index (Phi) is 6.39. The van der Waals surface area contributed by atoms with E-state index in [1.165, 1.54) is 0 Å². The van der Waals surface area contributed by atoms with Crippen molar-refractivity contribution in [2.45, 2.75) is 17.7 Å². The van der Waals surface area contributed by atoms with Crippen LogP contribution in [0.25, 0.3) is 0 Å². The van der Waals surface area contributed by atoms with Crippen molar-refractivity contribution in [1.82, 2.24) is 0 Å². The summed E-state index contributed by atoms with van der Waals surface area (Å²) in [5.74, 6) is 0.670. The van der Waals surface area contributed by atoms with E-state index in [4.69, 9.17) is 23.2 Å². The Morgan fingerprint density at radius 2 is 1.93 bits per heavy atom. The minimum absolute atomic E-state index is 0.461. The SMILES string of the molecule is [O-][S+](CCCCBr)c1ccc(Cl)c(Cl)c1. The van der Waals surface area contributed by atoms with Crippen LogP contribution in [-0.2, 0) is 11.2 Å². The molecule has 5 heteroatoms. The Morgan fingerprint density at radius 3 is 2.53 bits per heavy atom. The molecule has 0 saturated heterocycles. The number of halogens is 3.